The molecule has 0 aromatic rings. The standard InChI is InChI=1S/C21H39N7O7/c1-11(2)9-15(20(33)27-14(21(34)35)6-7-16(24)29)28-19(32)13(5-3-4-8-22)26-18(31)12(23)10-17(25)30/h11-15H,3-10,22-23H2,1-2H3,(H2,24,29)(H2,25,30)(H,26,31)(H,27,33)(H,28,32)(H,34,35). The topological polar surface area (TPSA) is 263 Å². The van der Waals surface area contributed by atoms with Crippen LogP contribution in [0.4, 0.5) is 0 Å². The minimum Gasteiger partial charge on any atom is -0.480 e. The van der Waals surface area contributed by atoms with Gasteiger partial charge in [-0.25, -0.2) is 4.79 Å². The summed E-state index contributed by atoms with van der Waals surface area (Å²) in [5.74, 6) is -5.14. The number of carbonyl (C=O) groups excluding carboxylic acids is 5. The number of nitrogens with one attached hydrogen (secondary N) is 3. The van der Waals surface area contributed by atoms with E-state index in [1.165, 1.54) is 0 Å². The molecule has 0 aliphatic heterocycles. The van der Waals surface area contributed by atoms with Crippen LogP contribution in [0, 0.1) is 5.92 Å². The number of amides is 5. The summed E-state index contributed by atoms with van der Waals surface area (Å²) in [4.78, 5) is 71.7. The Labute approximate surface area is 204 Å². The van der Waals surface area contributed by atoms with Gasteiger partial charge in [-0.15, -0.1) is 0 Å². The number of aliphatic carboxylic acids is 1. The largest absolute Gasteiger partial charge is 0.480 e. The van der Waals surface area contributed by atoms with Crippen molar-refractivity contribution >= 4 is 35.5 Å². The number of primary amides is 2. The van der Waals surface area contributed by atoms with Crippen LogP contribution in [0.15, 0.2) is 0 Å². The molecule has 5 amide bonds. The van der Waals surface area contributed by atoms with Crippen LogP contribution in [-0.2, 0) is 28.8 Å². The van der Waals surface area contributed by atoms with Gasteiger partial charge in [-0.05, 0) is 44.6 Å². The van der Waals surface area contributed by atoms with Crippen molar-refractivity contribution in [3.63, 3.8) is 0 Å². The Morgan fingerprint density at radius 2 is 1.31 bits per heavy atom. The first-order chi connectivity index (χ1) is 16.3. The summed E-state index contributed by atoms with van der Waals surface area (Å²) in [6.07, 6.45) is 0.532. The molecular weight excluding hydrogens is 462 g/mol. The molecule has 200 valence electrons. The molecule has 0 bridgehead atoms. The molecule has 12 N–H and O–H groups in total. The lowest BCUT2D eigenvalue weighted by Gasteiger charge is -2.26. The van der Waals surface area contributed by atoms with E-state index in [1.807, 2.05) is 0 Å². The number of carbonyl (C=O) groups is 6. The summed E-state index contributed by atoms with van der Waals surface area (Å²) >= 11 is 0. The number of unbranched alkanes of at least 4 members (excludes halogenated alkanes) is 1. The fraction of sp³-hybridized carbons (Fsp3) is 0.714. The van der Waals surface area contributed by atoms with Crippen molar-refractivity contribution in [3.05, 3.63) is 0 Å². The Balaban J connectivity index is 5.53. The Hall–Kier alpha value is -3.26. The first-order valence-corrected chi connectivity index (χ1v) is 11.4. The van der Waals surface area contributed by atoms with E-state index in [2.05, 4.69) is 16.0 Å². The molecule has 0 saturated heterocycles. The van der Waals surface area contributed by atoms with Crippen LogP contribution in [0.1, 0.15) is 58.8 Å². The van der Waals surface area contributed by atoms with Crippen LogP contribution >= 0.6 is 0 Å². The number of hydrogen-bond acceptors (Lipinski definition) is 8. The Kier molecular flexibility index (Phi) is 14.9. The molecule has 0 aliphatic rings. The lowest BCUT2D eigenvalue weighted by Crippen LogP contribution is -2.57. The summed E-state index contributed by atoms with van der Waals surface area (Å²) in [5.41, 5.74) is 21.3. The molecule has 0 aromatic heterocycles. The maximum atomic E-state index is 13.0. The molecule has 14 heteroatoms. The zero-order valence-electron chi connectivity index (χ0n) is 20.2. The molecule has 0 aliphatic carbocycles. The van der Waals surface area contributed by atoms with E-state index in [0.29, 0.717) is 19.4 Å². The van der Waals surface area contributed by atoms with Gasteiger partial charge in [0.1, 0.15) is 18.1 Å². The van der Waals surface area contributed by atoms with Gasteiger partial charge in [-0.1, -0.05) is 13.8 Å². The minimum atomic E-state index is -1.38. The number of rotatable bonds is 18. The molecule has 0 saturated carbocycles. The number of carboxylic acid groups (broad SMARTS) is 1. The SMILES string of the molecule is CC(C)CC(NC(=O)C(CCCCN)NC(=O)C(N)CC(N)=O)C(=O)NC(CCC(N)=O)C(=O)O. The summed E-state index contributed by atoms with van der Waals surface area (Å²) in [5, 5.41) is 16.7. The second-order valence-corrected chi connectivity index (χ2v) is 8.72. The molecule has 4 unspecified atom stereocenters. The Morgan fingerprint density at radius 3 is 1.80 bits per heavy atom. The van der Waals surface area contributed by atoms with Gasteiger partial charge in [0, 0.05) is 6.42 Å². The maximum absolute atomic E-state index is 13.0. The van der Waals surface area contributed by atoms with Crippen molar-refractivity contribution in [1.29, 1.82) is 0 Å². The lowest BCUT2D eigenvalue weighted by molar-refractivity contribution is -0.142. The van der Waals surface area contributed by atoms with Gasteiger partial charge in [0.2, 0.25) is 29.5 Å². The van der Waals surface area contributed by atoms with Crippen molar-refractivity contribution in [2.45, 2.75) is 83.0 Å². The van der Waals surface area contributed by atoms with E-state index in [4.69, 9.17) is 22.9 Å². The van der Waals surface area contributed by atoms with Crippen LogP contribution < -0.4 is 38.9 Å². The van der Waals surface area contributed by atoms with Gasteiger partial charge in [0.05, 0.1) is 12.5 Å². The highest BCUT2D eigenvalue weighted by atomic mass is 16.4. The number of hydrogen-bond donors (Lipinski definition) is 8. The van der Waals surface area contributed by atoms with Crippen molar-refractivity contribution in [2.24, 2.45) is 28.9 Å². The second-order valence-electron chi connectivity index (χ2n) is 8.72. The zero-order valence-corrected chi connectivity index (χ0v) is 20.2. The fourth-order valence-corrected chi connectivity index (χ4v) is 3.14. The highest BCUT2D eigenvalue weighted by Crippen LogP contribution is 2.09. The highest BCUT2D eigenvalue weighted by molar-refractivity contribution is 5.95. The lowest BCUT2D eigenvalue weighted by atomic mass is 10.0. The van der Waals surface area contributed by atoms with E-state index in [9.17, 15) is 33.9 Å². The molecule has 14 nitrogen and oxygen atoms in total. The maximum Gasteiger partial charge on any atom is 0.326 e. The predicted molar refractivity (Wildman–Crippen MR) is 126 cm³/mol. The van der Waals surface area contributed by atoms with Crippen LogP contribution in [-0.4, -0.2) is 71.3 Å². The molecule has 0 radical (unpaired) electrons. The van der Waals surface area contributed by atoms with Gasteiger partial charge in [-0.3, -0.25) is 24.0 Å². The van der Waals surface area contributed by atoms with Crippen LogP contribution in [0.5, 0.6) is 0 Å². The van der Waals surface area contributed by atoms with Crippen LogP contribution in [0.3, 0.4) is 0 Å². The molecule has 0 heterocycles. The van der Waals surface area contributed by atoms with Gasteiger partial charge < -0.3 is 44.0 Å². The summed E-state index contributed by atoms with van der Waals surface area (Å²) in [7, 11) is 0. The predicted octanol–water partition coefficient (Wildman–Crippen LogP) is -2.83. The van der Waals surface area contributed by atoms with Crippen LogP contribution in [0.2, 0.25) is 0 Å². The molecular formula is C21H39N7O7. The third kappa shape index (κ3) is 13.9. The summed E-state index contributed by atoms with van der Waals surface area (Å²) in [6.45, 7) is 3.97. The zero-order chi connectivity index (χ0) is 27.1. The molecule has 35 heavy (non-hydrogen) atoms. The Morgan fingerprint density at radius 1 is 0.771 bits per heavy atom. The van der Waals surface area contributed by atoms with Crippen molar-refractivity contribution < 1.29 is 33.9 Å². The van der Waals surface area contributed by atoms with E-state index in [0.717, 1.165) is 0 Å². The third-order valence-electron chi connectivity index (χ3n) is 4.97. The Bertz CT molecular complexity index is 760. The fourth-order valence-electron chi connectivity index (χ4n) is 3.14. The van der Waals surface area contributed by atoms with Crippen molar-refractivity contribution in [2.75, 3.05) is 6.54 Å². The van der Waals surface area contributed by atoms with Gasteiger partial charge in [0.15, 0.2) is 0 Å². The van der Waals surface area contributed by atoms with E-state index >= 15 is 0 Å². The van der Waals surface area contributed by atoms with E-state index in [1.54, 1.807) is 13.8 Å². The number of nitrogens with two attached hydrogens (primary N) is 4. The van der Waals surface area contributed by atoms with Gasteiger partial charge >= 0.3 is 5.97 Å². The quantitative estimate of drug-likeness (QED) is 0.0898. The monoisotopic (exact) mass is 501 g/mol. The van der Waals surface area contributed by atoms with E-state index in [-0.39, 0.29) is 31.6 Å². The average Bonchev–Trinajstić information content (AvgIpc) is 2.73. The smallest absolute Gasteiger partial charge is 0.326 e. The minimum absolute atomic E-state index is 0.0609. The second kappa shape index (κ2) is 16.4. The highest BCUT2D eigenvalue weighted by Gasteiger charge is 2.31. The summed E-state index contributed by atoms with van der Waals surface area (Å²) in [6, 6.07) is -4.84. The molecule has 0 spiro atoms. The van der Waals surface area contributed by atoms with E-state index < -0.39 is 66.1 Å². The molecule has 0 rings (SSSR count). The molecule has 4 atom stereocenters. The average molecular weight is 502 g/mol. The third-order valence-corrected chi connectivity index (χ3v) is 4.97. The molecule has 0 fully saturated rings. The first kappa shape index (κ1) is 31.7. The van der Waals surface area contributed by atoms with Crippen molar-refractivity contribution in [1.82, 2.24) is 16.0 Å². The van der Waals surface area contributed by atoms with Crippen LogP contribution in [0.25, 0.3) is 0 Å². The van der Waals surface area contributed by atoms with Crippen molar-refractivity contribution in [3.8, 4) is 0 Å². The normalized spacial score (nSPS) is 14.3. The first-order valence-electron chi connectivity index (χ1n) is 11.4. The van der Waals surface area contributed by atoms with Gasteiger partial charge in [-0.2, -0.15) is 0 Å². The summed E-state index contributed by atoms with van der Waals surface area (Å²) < 4.78 is 0. The number of carboxylic acids is 1. The molecule has 0 aromatic carbocycles. The van der Waals surface area contributed by atoms with Gasteiger partial charge in [0.25, 0.3) is 0 Å².